The summed E-state index contributed by atoms with van der Waals surface area (Å²) in [4.78, 5) is 38.4. The van der Waals surface area contributed by atoms with E-state index in [0.29, 0.717) is 44.1 Å². The molecule has 2 aliphatic rings. The number of unbranched alkanes of at least 4 members (excludes halogenated alkanes) is 2. The highest BCUT2D eigenvalue weighted by Crippen LogP contribution is 2.46. The van der Waals surface area contributed by atoms with Crippen molar-refractivity contribution in [2.75, 3.05) is 13.2 Å². The van der Waals surface area contributed by atoms with Gasteiger partial charge in [0.1, 0.15) is 5.75 Å². The van der Waals surface area contributed by atoms with Crippen molar-refractivity contribution in [1.29, 1.82) is 0 Å². The Kier molecular flexibility index (Phi) is 10.7. The zero-order valence-corrected chi connectivity index (χ0v) is 22.4. The first-order valence-corrected chi connectivity index (χ1v) is 13.7. The minimum absolute atomic E-state index is 0.0613. The van der Waals surface area contributed by atoms with Gasteiger partial charge in [0.05, 0.1) is 24.5 Å². The molecule has 3 rings (SSSR count). The van der Waals surface area contributed by atoms with E-state index in [9.17, 15) is 29.7 Å². The van der Waals surface area contributed by atoms with Crippen LogP contribution in [0.15, 0.2) is 41.0 Å². The molecule has 1 aliphatic carbocycles. The second-order valence-electron chi connectivity index (χ2n) is 10.6. The number of aliphatic hydroxyl groups is 2. The molecule has 2 amide bonds. The molecule has 8 nitrogen and oxygen atoms in total. The molecule has 1 aliphatic heterocycles. The number of benzene rings is 1. The first kappa shape index (κ1) is 29.6. The van der Waals surface area contributed by atoms with Gasteiger partial charge in [-0.25, -0.2) is 0 Å². The Morgan fingerprint density at radius 1 is 1.11 bits per heavy atom. The largest absolute Gasteiger partial charge is 0.507 e. The van der Waals surface area contributed by atoms with Gasteiger partial charge in [0.25, 0.3) is 0 Å². The average Bonchev–Trinajstić information content (AvgIpc) is 3.11. The molecule has 208 valence electrons. The zero-order chi connectivity index (χ0) is 27.8. The molecule has 0 aromatic heterocycles. The maximum absolute atomic E-state index is 13.3. The van der Waals surface area contributed by atoms with Gasteiger partial charge in [-0.3, -0.25) is 19.3 Å². The predicted molar refractivity (Wildman–Crippen MR) is 144 cm³/mol. The van der Waals surface area contributed by atoms with Gasteiger partial charge in [-0.2, -0.15) is 0 Å². The minimum atomic E-state index is -0.863. The van der Waals surface area contributed by atoms with Crippen LogP contribution < -0.4 is 0 Å². The van der Waals surface area contributed by atoms with Crippen molar-refractivity contribution in [3.8, 4) is 5.75 Å². The van der Waals surface area contributed by atoms with E-state index in [4.69, 9.17) is 5.11 Å². The van der Waals surface area contributed by atoms with Gasteiger partial charge in [-0.15, -0.1) is 0 Å². The van der Waals surface area contributed by atoms with Crippen LogP contribution in [0.25, 0.3) is 6.08 Å². The SMILES string of the molecule is CCC/C(=C\c1ccccc1O)CC[C@@H](O)C1=C(C)C[C@H]2C(=O)N(CCCCCC(=O)O)C(=O)[C@H]2[C@H]1CO. The van der Waals surface area contributed by atoms with E-state index < -0.39 is 29.8 Å². The van der Waals surface area contributed by atoms with Crippen LogP contribution >= 0.6 is 0 Å². The lowest BCUT2D eigenvalue weighted by molar-refractivity contribution is -0.141. The van der Waals surface area contributed by atoms with E-state index in [2.05, 4.69) is 6.92 Å². The molecule has 1 heterocycles. The van der Waals surface area contributed by atoms with Crippen LogP contribution in [-0.4, -0.2) is 62.4 Å². The number of hydrogen-bond donors (Lipinski definition) is 4. The second-order valence-corrected chi connectivity index (χ2v) is 10.6. The molecule has 4 atom stereocenters. The summed E-state index contributed by atoms with van der Waals surface area (Å²) in [6, 6.07) is 7.12. The normalized spacial score (nSPS) is 22.7. The Morgan fingerprint density at radius 3 is 2.50 bits per heavy atom. The molecule has 0 radical (unpaired) electrons. The number of likely N-dealkylation sites (tertiary alicyclic amines) is 1. The summed E-state index contributed by atoms with van der Waals surface area (Å²) in [5.74, 6) is -3.04. The van der Waals surface area contributed by atoms with E-state index in [1.807, 2.05) is 25.1 Å². The number of aromatic hydroxyl groups is 1. The summed E-state index contributed by atoms with van der Waals surface area (Å²) in [5.41, 5.74) is 3.34. The number of amides is 2. The van der Waals surface area contributed by atoms with E-state index in [0.717, 1.165) is 29.6 Å². The molecule has 0 saturated carbocycles. The smallest absolute Gasteiger partial charge is 0.303 e. The van der Waals surface area contributed by atoms with E-state index in [-0.39, 0.29) is 37.1 Å². The average molecular weight is 528 g/mol. The molecular formula is C30H41NO7. The number of carboxylic acids is 1. The van der Waals surface area contributed by atoms with Crippen molar-refractivity contribution in [3.05, 3.63) is 46.5 Å². The number of carboxylic acid groups (broad SMARTS) is 1. The molecule has 8 heteroatoms. The number of hydrogen-bond acceptors (Lipinski definition) is 6. The molecule has 1 aromatic rings. The van der Waals surface area contributed by atoms with Gasteiger partial charge in [0.15, 0.2) is 0 Å². The van der Waals surface area contributed by atoms with Gasteiger partial charge in [0.2, 0.25) is 11.8 Å². The van der Waals surface area contributed by atoms with Crippen molar-refractivity contribution in [3.63, 3.8) is 0 Å². The van der Waals surface area contributed by atoms with Crippen molar-refractivity contribution in [1.82, 2.24) is 4.90 Å². The topological polar surface area (TPSA) is 135 Å². The first-order valence-electron chi connectivity index (χ1n) is 13.7. The second kappa shape index (κ2) is 13.7. The summed E-state index contributed by atoms with van der Waals surface area (Å²) in [7, 11) is 0. The zero-order valence-electron chi connectivity index (χ0n) is 22.4. The lowest BCUT2D eigenvalue weighted by Gasteiger charge is -2.35. The fourth-order valence-corrected chi connectivity index (χ4v) is 6.02. The van der Waals surface area contributed by atoms with Crippen LogP contribution in [0.1, 0.15) is 77.2 Å². The Morgan fingerprint density at radius 2 is 1.84 bits per heavy atom. The number of nitrogens with zero attached hydrogens (tertiary/aromatic N) is 1. The number of carbonyl (C=O) groups excluding carboxylic acids is 2. The summed E-state index contributed by atoms with van der Waals surface area (Å²) in [5, 5.41) is 40.5. The molecule has 1 fully saturated rings. The van der Waals surface area contributed by atoms with E-state index >= 15 is 0 Å². The highest BCUT2D eigenvalue weighted by atomic mass is 16.4. The van der Waals surface area contributed by atoms with Gasteiger partial charge >= 0.3 is 5.97 Å². The number of para-hydroxylation sites is 1. The van der Waals surface area contributed by atoms with Gasteiger partial charge in [-0.1, -0.05) is 55.2 Å². The lowest BCUT2D eigenvalue weighted by Crippen LogP contribution is -2.39. The quantitative estimate of drug-likeness (QED) is 0.161. The van der Waals surface area contributed by atoms with Crippen molar-refractivity contribution in [2.24, 2.45) is 17.8 Å². The third-order valence-electron chi connectivity index (χ3n) is 7.85. The Balaban J connectivity index is 1.70. The summed E-state index contributed by atoms with van der Waals surface area (Å²) >= 11 is 0. The Bertz CT molecular complexity index is 1080. The van der Waals surface area contributed by atoms with Crippen LogP contribution in [0.4, 0.5) is 0 Å². The molecular weight excluding hydrogens is 486 g/mol. The summed E-state index contributed by atoms with van der Waals surface area (Å²) in [6.45, 7) is 3.86. The molecule has 0 spiro atoms. The monoisotopic (exact) mass is 527 g/mol. The van der Waals surface area contributed by atoms with Crippen molar-refractivity contribution < 1.29 is 34.8 Å². The third-order valence-corrected chi connectivity index (χ3v) is 7.85. The number of fused-ring (bicyclic) bond motifs is 1. The Hall–Kier alpha value is -2.97. The number of aliphatic hydroxyl groups excluding tert-OH is 2. The number of aliphatic carboxylic acids is 1. The van der Waals surface area contributed by atoms with Crippen LogP contribution in [0.2, 0.25) is 0 Å². The van der Waals surface area contributed by atoms with Crippen molar-refractivity contribution >= 4 is 23.9 Å². The van der Waals surface area contributed by atoms with Gasteiger partial charge < -0.3 is 20.4 Å². The number of phenolic OH excluding ortho intramolecular Hbond substituents is 1. The number of carbonyl (C=O) groups is 3. The molecule has 0 bridgehead atoms. The molecule has 38 heavy (non-hydrogen) atoms. The predicted octanol–water partition coefficient (Wildman–Crippen LogP) is 4.29. The van der Waals surface area contributed by atoms with Gasteiger partial charge in [-0.05, 0) is 57.1 Å². The fourth-order valence-electron chi connectivity index (χ4n) is 6.02. The van der Waals surface area contributed by atoms with Crippen LogP contribution in [-0.2, 0) is 14.4 Å². The summed E-state index contributed by atoms with van der Waals surface area (Å²) in [6.07, 6.45) is 5.94. The Labute approximate surface area is 224 Å². The minimum Gasteiger partial charge on any atom is -0.507 e. The number of imide groups is 1. The van der Waals surface area contributed by atoms with Crippen LogP contribution in [0.3, 0.4) is 0 Å². The van der Waals surface area contributed by atoms with Crippen LogP contribution in [0.5, 0.6) is 5.75 Å². The number of allylic oxidation sites excluding steroid dienone is 2. The lowest BCUT2D eigenvalue weighted by atomic mass is 9.68. The highest BCUT2D eigenvalue weighted by molar-refractivity contribution is 6.05. The van der Waals surface area contributed by atoms with E-state index in [1.54, 1.807) is 12.1 Å². The molecule has 1 saturated heterocycles. The number of rotatable bonds is 14. The molecule has 4 N–H and O–H groups in total. The standard InChI is InChI=1S/C30H41NO7/c1-3-9-20(17-21-10-6-7-11-24(21)33)13-14-25(34)27-19(2)16-22-28(23(27)18-32)30(38)31(29(22)37)15-8-4-5-12-26(35)36/h6-7,10-11,17,22-23,25,28,32-34H,3-5,8-9,12-16,18H2,1-2H3,(H,35,36)/b20-17+/t22-,23+,25-,28-/m1/s1. The third kappa shape index (κ3) is 6.91. The van der Waals surface area contributed by atoms with Crippen LogP contribution in [0, 0.1) is 17.8 Å². The molecule has 1 aromatic carbocycles. The fraction of sp³-hybridized carbons (Fsp3) is 0.567. The first-order chi connectivity index (χ1) is 18.2. The maximum atomic E-state index is 13.3. The maximum Gasteiger partial charge on any atom is 0.303 e. The number of phenols is 1. The summed E-state index contributed by atoms with van der Waals surface area (Å²) < 4.78 is 0. The molecule has 0 unspecified atom stereocenters. The van der Waals surface area contributed by atoms with E-state index in [1.165, 1.54) is 4.90 Å². The van der Waals surface area contributed by atoms with Crippen molar-refractivity contribution in [2.45, 2.75) is 77.7 Å². The van der Waals surface area contributed by atoms with Gasteiger partial charge in [0, 0.05) is 24.4 Å². The highest BCUT2D eigenvalue weighted by Gasteiger charge is 2.54.